The highest BCUT2D eigenvalue weighted by Crippen LogP contribution is 2.03. The fourth-order valence-electron chi connectivity index (χ4n) is 0.287. The lowest BCUT2D eigenvalue weighted by atomic mass is 10.1. The molecule has 0 aliphatic rings. The van der Waals surface area contributed by atoms with E-state index in [0.29, 0.717) is 6.54 Å². The summed E-state index contributed by atoms with van der Waals surface area (Å²) in [6, 6.07) is 2.60. The molecule has 0 unspecified atom stereocenters. The maximum Gasteiger partial charge on any atom is 0.0898 e. The Hall–Kier alpha value is -0.370. The highest BCUT2D eigenvalue weighted by atomic mass is 35.5. The lowest BCUT2D eigenvalue weighted by Crippen LogP contribution is -2.27. The molecule has 0 aromatic rings. The van der Waals surface area contributed by atoms with Gasteiger partial charge in [0.2, 0.25) is 0 Å². The van der Waals surface area contributed by atoms with Gasteiger partial charge in [-0.3, -0.25) is 0 Å². The third-order valence-electron chi connectivity index (χ3n) is 1.08. The third-order valence-corrected chi connectivity index (χ3v) is 1.08. The first kappa shape index (κ1) is 13.2. The van der Waals surface area contributed by atoms with Gasteiger partial charge in [-0.15, -0.1) is 12.4 Å². The van der Waals surface area contributed by atoms with Crippen LogP contribution in [0.1, 0.15) is 20.8 Å². The van der Waals surface area contributed by atoms with E-state index in [9.17, 15) is 0 Å². The SMILES string of the molecule is CCN=C=NC(C)(C)CN.Cl. The minimum absolute atomic E-state index is 0. The fraction of sp³-hybridized carbons (Fsp3) is 0.857. The van der Waals surface area contributed by atoms with Gasteiger partial charge in [-0.1, -0.05) is 0 Å². The van der Waals surface area contributed by atoms with Crippen molar-refractivity contribution in [2.75, 3.05) is 13.1 Å². The average Bonchev–Trinajstić information content (AvgIpc) is 1.89. The second kappa shape index (κ2) is 6.35. The molecule has 66 valence electrons. The second-order valence-electron chi connectivity index (χ2n) is 2.70. The number of rotatable bonds is 3. The van der Waals surface area contributed by atoms with Crippen LogP contribution in [-0.4, -0.2) is 24.6 Å². The number of aliphatic imine (C=N–C) groups is 2. The van der Waals surface area contributed by atoms with Gasteiger partial charge >= 0.3 is 0 Å². The first-order chi connectivity index (χ1) is 4.62. The Bertz CT molecular complexity index is 148. The van der Waals surface area contributed by atoms with E-state index in [1.807, 2.05) is 20.8 Å². The smallest absolute Gasteiger partial charge is 0.0898 e. The van der Waals surface area contributed by atoms with Crippen LogP contribution in [0.25, 0.3) is 0 Å². The van der Waals surface area contributed by atoms with Gasteiger partial charge in [-0.25, -0.2) is 9.98 Å². The fourth-order valence-corrected chi connectivity index (χ4v) is 0.287. The molecule has 0 saturated carbocycles. The van der Waals surface area contributed by atoms with Gasteiger partial charge < -0.3 is 5.73 Å². The molecule has 0 spiro atoms. The van der Waals surface area contributed by atoms with Crippen molar-refractivity contribution in [3.05, 3.63) is 0 Å². The zero-order chi connectivity index (χ0) is 8.04. The average molecular weight is 178 g/mol. The number of halogens is 1. The van der Waals surface area contributed by atoms with Crippen molar-refractivity contribution in [2.45, 2.75) is 26.3 Å². The van der Waals surface area contributed by atoms with E-state index in [2.05, 4.69) is 16.0 Å². The zero-order valence-corrected chi connectivity index (χ0v) is 8.11. The molecule has 0 aliphatic heterocycles. The minimum Gasteiger partial charge on any atom is -0.328 e. The summed E-state index contributed by atoms with van der Waals surface area (Å²) in [6.45, 7) is 7.09. The van der Waals surface area contributed by atoms with E-state index in [1.165, 1.54) is 0 Å². The largest absolute Gasteiger partial charge is 0.328 e. The summed E-state index contributed by atoms with van der Waals surface area (Å²) in [5.74, 6) is 0. The first-order valence-corrected chi connectivity index (χ1v) is 3.46. The van der Waals surface area contributed by atoms with Crippen LogP contribution in [0.2, 0.25) is 0 Å². The Morgan fingerprint density at radius 1 is 1.45 bits per heavy atom. The predicted molar refractivity (Wildman–Crippen MR) is 50.8 cm³/mol. The molecule has 0 atom stereocenters. The molecule has 0 aromatic carbocycles. The standard InChI is InChI=1S/C7H15N3.ClH/c1-4-9-6-10-7(2,3)5-8;/h4-5,8H2,1-3H3;1H. The maximum atomic E-state index is 5.41. The van der Waals surface area contributed by atoms with Crippen molar-refractivity contribution < 1.29 is 0 Å². The monoisotopic (exact) mass is 177 g/mol. The summed E-state index contributed by atoms with van der Waals surface area (Å²) in [5.41, 5.74) is 5.20. The van der Waals surface area contributed by atoms with Gasteiger partial charge in [-0.05, 0) is 20.8 Å². The first-order valence-electron chi connectivity index (χ1n) is 3.46. The Morgan fingerprint density at radius 3 is 2.36 bits per heavy atom. The summed E-state index contributed by atoms with van der Waals surface area (Å²) in [4.78, 5) is 7.86. The molecule has 3 nitrogen and oxygen atoms in total. The molecule has 0 aromatic heterocycles. The normalized spacial score (nSPS) is 9.45. The van der Waals surface area contributed by atoms with Crippen molar-refractivity contribution in [1.29, 1.82) is 0 Å². The third kappa shape index (κ3) is 7.53. The van der Waals surface area contributed by atoms with E-state index in [1.54, 1.807) is 0 Å². The van der Waals surface area contributed by atoms with E-state index in [-0.39, 0.29) is 17.9 Å². The van der Waals surface area contributed by atoms with Gasteiger partial charge in [0.15, 0.2) is 0 Å². The quantitative estimate of drug-likeness (QED) is 0.650. The van der Waals surface area contributed by atoms with Crippen LogP contribution in [0.4, 0.5) is 0 Å². The van der Waals surface area contributed by atoms with Crippen molar-refractivity contribution in [3.8, 4) is 0 Å². The molecule has 0 rings (SSSR count). The van der Waals surface area contributed by atoms with E-state index in [4.69, 9.17) is 5.73 Å². The molecule has 0 amide bonds. The van der Waals surface area contributed by atoms with Gasteiger partial charge in [0.1, 0.15) is 0 Å². The van der Waals surface area contributed by atoms with Crippen LogP contribution in [0.15, 0.2) is 9.98 Å². The zero-order valence-electron chi connectivity index (χ0n) is 7.29. The Morgan fingerprint density at radius 2 is 2.00 bits per heavy atom. The molecule has 0 bridgehead atoms. The Labute approximate surface area is 74.2 Å². The van der Waals surface area contributed by atoms with Crippen molar-refractivity contribution in [2.24, 2.45) is 15.7 Å². The lowest BCUT2D eigenvalue weighted by molar-refractivity contribution is 0.538. The van der Waals surface area contributed by atoms with Gasteiger partial charge in [-0.2, -0.15) is 0 Å². The number of nitrogens with zero attached hydrogens (tertiary/aromatic N) is 2. The van der Waals surface area contributed by atoms with E-state index >= 15 is 0 Å². The summed E-state index contributed by atoms with van der Waals surface area (Å²) >= 11 is 0. The molecule has 0 fully saturated rings. The Kier molecular flexibility index (Phi) is 7.64. The highest BCUT2D eigenvalue weighted by Gasteiger charge is 2.11. The van der Waals surface area contributed by atoms with Crippen LogP contribution < -0.4 is 5.73 Å². The van der Waals surface area contributed by atoms with Crippen LogP contribution in [0.3, 0.4) is 0 Å². The second-order valence-corrected chi connectivity index (χ2v) is 2.70. The van der Waals surface area contributed by atoms with Crippen molar-refractivity contribution in [3.63, 3.8) is 0 Å². The molecule has 0 saturated heterocycles. The van der Waals surface area contributed by atoms with Crippen LogP contribution in [0, 0.1) is 0 Å². The topological polar surface area (TPSA) is 50.7 Å². The molecule has 2 N–H and O–H groups in total. The minimum atomic E-state index is -0.210. The number of nitrogens with two attached hydrogens (primary N) is 1. The van der Waals surface area contributed by atoms with Crippen LogP contribution >= 0.6 is 12.4 Å². The molecule has 0 aliphatic carbocycles. The maximum absolute atomic E-state index is 5.41. The van der Waals surface area contributed by atoms with Crippen molar-refractivity contribution in [1.82, 2.24) is 0 Å². The number of hydrogen-bond donors (Lipinski definition) is 1. The summed E-state index contributed by atoms with van der Waals surface area (Å²) < 4.78 is 0. The van der Waals surface area contributed by atoms with Crippen LogP contribution in [0.5, 0.6) is 0 Å². The van der Waals surface area contributed by atoms with Crippen LogP contribution in [-0.2, 0) is 0 Å². The molecular weight excluding hydrogens is 162 g/mol. The summed E-state index contributed by atoms with van der Waals surface area (Å²) in [5, 5.41) is 0. The lowest BCUT2D eigenvalue weighted by Gasteiger charge is -2.12. The number of hydrogen-bond acceptors (Lipinski definition) is 3. The molecule has 0 radical (unpaired) electrons. The Balaban J connectivity index is 0. The molecule has 11 heavy (non-hydrogen) atoms. The van der Waals surface area contributed by atoms with E-state index < -0.39 is 0 Å². The van der Waals surface area contributed by atoms with Gasteiger partial charge in [0.25, 0.3) is 0 Å². The molecular formula is C7H16ClN3. The highest BCUT2D eigenvalue weighted by molar-refractivity contribution is 5.85. The predicted octanol–water partition coefficient (Wildman–Crippen LogP) is 1.34. The van der Waals surface area contributed by atoms with Crippen molar-refractivity contribution >= 4 is 18.4 Å². The summed E-state index contributed by atoms with van der Waals surface area (Å²) in [6.07, 6.45) is 0. The summed E-state index contributed by atoms with van der Waals surface area (Å²) in [7, 11) is 0. The van der Waals surface area contributed by atoms with Gasteiger partial charge in [0.05, 0.1) is 11.5 Å². The molecule has 4 heteroatoms. The van der Waals surface area contributed by atoms with E-state index in [0.717, 1.165) is 6.54 Å². The van der Waals surface area contributed by atoms with Gasteiger partial charge in [0, 0.05) is 13.1 Å². The molecule has 0 heterocycles.